The fourth-order valence-electron chi connectivity index (χ4n) is 1.92. The minimum atomic E-state index is 0.0577. The van der Waals surface area contributed by atoms with Gasteiger partial charge in [0.1, 0.15) is 0 Å². The highest BCUT2D eigenvalue weighted by Crippen LogP contribution is 2.11. The third kappa shape index (κ3) is 6.39. The van der Waals surface area contributed by atoms with Gasteiger partial charge in [-0.2, -0.15) is 0 Å². The van der Waals surface area contributed by atoms with Crippen LogP contribution in [0.15, 0.2) is 24.3 Å². The van der Waals surface area contributed by atoms with Crippen LogP contribution in [-0.2, 0) is 11.2 Å². The summed E-state index contributed by atoms with van der Waals surface area (Å²) in [5, 5.41) is 6.38. The molecule has 0 saturated heterocycles. The molecule has 0 radical (unpaired) electrons. The average molecular weight is 262 g/mol. The second kappa shape index (κ2) is 8.70. The highest BCUT2D eigenvalue weighted by atomic mass is 16.1. The van der Waals surface area contributed by atoms with Crippen molar-refractivity contribution in [2.24, 2.45) is 0 Å². The maximum absolute atomic E-state index is 11.3. The van der Waals surface area contributed by atoms with E-state index < -0.39 is 0 Å². The molecule has 1 atom stereocenters. The summed E-state index contributed by atoms with van der Waals surface area (Å²) in [5.41, 5.74) is 2.17. The lowest BCUT2D eigenvalue weighted by Gasteiger charge is -2.14. The third-order valence-electron chi connectivity index (χ3n) is 3.12. The number of unbranched alkanes of at least 4 members (excludes halogenated alkanes) is 1. The summed E-state index contributed by atoms with van der Waals surface area (Å²) in [6.45, 7) is 7.35. The van der Waals surface area contributed by atoms with E-state index in [9.17, 15) is 4.79 Å². The molecule has 106 valence electrons. The largest absolute Gasteiger partial charge is 0.326 e. The second-order valence-corrected chi connectivity index (χ2v) is 5.01. The van der Waals surface area contributed by atoms with Crippen molar-refractivity contribution in [3.63, 3.8) is 0 Å². The van der Waals surface area contributed by atoms with Crippen molar-refractivity contribution in [3.8, 4) is 0 Å². The summed E-state index contributed by atoms with van der Waals surface area (Å²) in [6.07, 6.45) is 3.99. The van der Waals surface area contributed by atoms with E-state index in [0.29, 0.717) is 12.5 Å². The Morgan fingerprint density at radius 3 is 2.47 bits per heavy atom. The fraction of sp³-hybridized carbons (Fsp3) is 0.562. The Hall–Kier alpha value is -1.35. The normalized spacial score (nSPS) is 12.2. The first-order valence-electron chi connectivity index (χ1n) is 7.27. The third-order valence-corrected chi connectivity index (χ3v) is 3.12. The average Bonchev–Trinajstić information content (AvgIpc) is 2.41. The van der Waals surface area contributed by atoms with Gasteiger partial charge in [-0.05, 0) is 44.0 Å². The molecule has 0 bridgehead atoms. The first kappa shape index (κ1) is 15.7. The molecule has 0 aliphatic carbocycles. The van der Waals surface area contributed by atoms with Gasteiger partial charge in [-0.1, -0.05) is 32.4 Å². The Morgan fingerprint density at radius 2 is 1.89 bits per heavy atom. The van der Waals surface area contributed by atoms with Gasteiger partial charge in [0.25, 0.3) is 0 Å². The molecule has 2 N–H and O–H groups in total. The Morgan fingerprint density at radius 1 is 1.21 bits per heavy atom. The van der Waals surface area contributed by atoms with Crippen LogP contribution in [0, 0.1) is 0 Å². The summed E-state index contributed by atoms with van der Waals surface area (Å²) in [6, 6.07) is 8.61. The van der Waals surface area contributed by atoms with E-state index in [2.05, 4.69) is 36.6 Å². The number of amides is 1. The fourth-order valence-corrected chi connectivity index (χ4v) is 1.92. The number of rotatable bonds is 8. The van der Waals surface area contributed by atoms with Crippen molar-refractivity contribution in [1.82, 2.24) is 5.32 Å². The molecule has 3 heteroatoms. The van der Waals surface area contributed by atoms with Crippen LogP contribution in [0.5, 0.6) is 0 Å². The van der Waals surface area contributed by atoms with Crippen molar-refractivity contribution < 1.29 is 4.79 Å². The van der Waals surface area contributed by atoms with Crippen LogP contribution in [0.2, 0.25) is 0 Å². The van der Waals surface area contributed by atoms with Gasteiger partial charge in [-0.15, -0.1) is 0 Å². The van der Waals surface area contributed by atoms with Gasteiger partial charge in [0, 0.05) is 18.2 Å². The predicted molar refractivity (Wildman–Crippen MR) is 81.4 cm³/mol. The first-order chi connectivity index (χ1) is 9.15. The Labute approximate surface area is 116 Å². The highest BCUT2D eigenvalue weighted by molar-refractivity contribution is 5.90. The van der Waals surface area contributed by atoms with Gasteiger partial charge in [0.05, 0.1) is 0 Å². The van der Waals surface area contributed by atoms with Crippen molar-refractivity contribution >= 4 is 11.6 Å². The Balaban J connectivity index is 2.41. The van der Waals surface area contributed by atoms with Crippen molar-refractivity contribution in [2.75, 3.05) is 11.9 Å². The second-order valence-electron chi connectivity index (χ2n) is 5.01. The molecule has 1 unspecified atom stereocenters. The molecule has 0 spiro atoms. The van der Waals surface area contributed by atoms with E-state index in [0.717, 1.165) is 18.7 Å². The number of anilines is 1. The zero-order valence-corrected chi connectivity index (χ0v) is 12.3. The minimum Gasteiger partial charge on any atom is -0.326 e. The summed E-state index contributed by atoms with van der Waals surface area (Å²) in [7, 11) is 0. The van der Waals surface area contributed by atoms with Crippen molar-refractivity contribution in [3.05, 3.63) is 29.8 Å². The number of carbonyl (C=O) groups is 1. The van der Waals surface area contributed by atoms with Crippen LogP contribution in [0.1, 0.15) is 45.6 Å². The molecule has 0 aromatic heterocycles. The first-order valence-corrected chi connectivity index (χ1v) is 7.27. The molecule has 0 fully saturated rings. The van der Waals surface area contributed by atoms with E-state index >= 15 is 0 Å². The summed E-state index contributed by atoms with van der Waals surface area (Å²) >= 11 is 0. The summed E-state index contributed by atoms with van der Waals surface area (Å²) in [5.74, 6) is 0.0577. The molecule has 1 aromatic rings. The quantitative estimate of drug-likeness (QED) is 0.705. The Kier molecular flexibility index (Phi) is 7.19. The molecule has 0 saturated carbocycles. The van der Waals surface area contributed by atoms with E-state index in [1.54, 1.807) is 0 Å². The number of hydrogen-bond acceptors (Lipinski definition) is 2. The van der Waals surface area contributed by atoms with E-state index in [1.165, 1.54) is 18.4 Å². The van der Waals surface area contributed by atoms with Crippen LogP contribution in [0.25, 0.3) is 0 Å². The number of nitrogens with one attached hydrogen (secondary N) is 2. The SMILES string of the molecule is CCCCNC(C)Cc1ccc(NC(=O)CC)cc1. The number of hydrogen-bond donors (Lipinski definition) is 2. The van der Waals surface area contributed by atoms with Crippen LogP contribution >= 0.6 is 0 Å². The molecule has 0 aliphatic rings. The van der Waals surface area contributed by atoms with Gasteiger partial charge in [0.15, 0.2) is 0 Å². The van der Waals surface area contributed by atoms with Crippen LogP contribution in [-0.4, -0.2) is 18.5 Å². The van der Waals surface area contributed by atoms with Gasteiger partial charge >= 0.3 is 0 Å². The van der Waals surface area contributed by atoms with Crippen LogP contribution < -0.4 is 10.6 Å². The van der Waals surface area contributed by atoms with Gasteiger partial charge in [-0.3, -0.25) is 4.79 Å². The molecule has 3 nitrogen and oxygen atoms in total. The van der Waals surface area contributed by atoms with Crippen LogP contribution in [0.3, 0.4) is 0 Å². The zero-order valence-electron chi connectivity index (χ0n) is 12.3. The molecular formula is C16H26N2O. The lowest BCUT2D eigenvalue weighted by Crippen LogP contribution is -2.28. The molecule has 1 aromatic carbocycles. The highest BCUT2D eigenvalue weighted by Gasteiger charge is 2.03. The monoisotopic (exact) mass is 262 g/mol. The molecule has 1 amide bonds. The smallest absolute Gasteiger partial charge is 0.224 e. The van der Waals surface area contributed by atoms with Crippen LogP contribution in [0.4, 0.5) is 5.69 Å². The molecule has 0 heterocycles. The van der Waals surface area contributed by atoms with E-state index in [-0.39, 0.29) is 5.91 Å². The lowest BCUT2D eigenvalue weighted by atomic mass is 10.1. The molecular weight excluding hydrogens is 236 g/mol. The summed E-state index contributed by atoms with van der Waals surface area (Å²) in [4.78, 5) is 11.3. The van der Waals surface area contributed by atoms with Gasteiger partial charge < -0.3 is 10.6 Å². The topological polar surface area (TPSA) is 41.1 Å². The zero-order chi connectivity index (χ0) is 14.1. The van der Waals surface area contributed by atoms with Gasteiger partial charge in [-0.25, -0.2) is 0 Å². The van der Waals surface area contributed by atoms with E-state index in [1.807, 2.05) is 19.1 Å². The summed E-state index contributed by atoms with van der Waals surface area (Å²) < 4.78 is 0. The molecule has 0 aliphatic heterocycles. The number of carbonyl (C=O) groups excluding carboxylic acids is 1. The van der Waals surface area contributed by atoms with Crippen molar-refractivity contribution in [1.29, 1.82) is 0 Å². The number of benzene rings is 1. The van der Waals surface area contributed by atoms with E-state index in [4.69, 9.17) is 0 Å². The Bertz CT molecular complexity index is 373. The molecule has 1 rings (SSSR count). The lowest BCUT2D eigenvalue weighted by molar-refractivity contribution is -0.115. The predicted octanol–water partition coefficient (Wildman–Crippen LogP) is 3.36. The maximum Gasteiger partial charge on any atom is 0.224 e. The minimum absolute atomic E-state index is 0.0577. The standard InChI is InChI=1S/C16H26N2O/c1-4-6-11-17-13(3)12-14-7-9-15(10-8-14)18-16(19)5-2/h7-10,13,17H,4-6,11-12H2,1-3H3,(H,18,19). The molecule has 19 heavy (non-hydrogen) atoms. The van der Waals surface area contributed by atoms with Crippen molar-refractivity contribution in [2.45, 2.75) is 52.5 Å². The van der Waals surface area contributed by atoms with Gasteiger partial charge in [0.2, 0.25) is 5.91 Å². The maximum atomic E-state index is 11.3.